The molecule has 0 spiro atoms. The zero-order chi connectivity index (χ0) is 15.5. The lowest BCUT2D eigenvalue weighted by Crippen LogP contribution is -2.32. The highest BCUT2D eigenvalue weighted by Crippen LogP contribution is 2.12. The Morgan fingerprint density at radius 2 is 2.23 bits per heavy atom. The van der Waals surface area contributed by atoms with Crippen LogP contribution in [0.2, 0.25) is 0 Å². The number of rotatable bonds is 5. The number of benzene rings is 1. The molecule has 1 aromatic carbocycles. The van der Waals surface area contributed by atoms with E-state index in [0.717, 1.165) is 5.69 Å². The molecule has 2 heterocycles. The van der Waals surface area contributed by atoms with Gasteiger partial charge in [-0.3, -0.25) is 9.36 Å². The van der Waals surface area contributed by atoms with Gasteiger partial charge >= 0.3 is 5.76 Å². The first-order chi connectivity index (χ1) is 10.6. The molecule has 1 amide bonds. The predicted molar refractivity (Wildman–Crippen MR) is 83.7 cm³/mol. The van der Waals surface area contributed by atoms with Gasteiger partial charge in [-0.25, -0.2) is 9.78 Å². The molecule has 22 heavy (non-hydrogen) atoms. The van der Waals surface area contributed by atoms with Gasteiger partial charge in [-0.05, 0) is 12.1 Å². The molecule has 3 N–H and O–H groups in total. The van der Waals surface area contributed by atoms with Crippen molar-refractivity contribution in [3.05, 3.63) is 45.9 Å². The standard InChI is InChI=1S/C14H14N4O3S/c15-13-17-9(8-22-13)5-6-16-12(19)7-18-10-3-1-2-4-11(10)21-14(18)20/h1-4,8H,5-7H2,(H2,15,17)(H,16,19). The van der Waals surface area contributed by atoms with Gasteiger partial charge in [-0.15, -0.1) is 11.3 Å². The van der Waals surface area contributed by atoms with Crippen LogP contribution >= 0.6 is 11.3 Å². The van der Waals surface area contributed by atoms with Crippen LogP contribution in [0.25, 0.3) is 11.1 Å². The van der Waals surface area contributed by atoms with E-state index in [2.05, 4.69) is 10.3 Å². The van der Waals surface area contributed by atoms with Crippen molar-refractivity contribution in [1.82, 2.24) is 14.9 Å². The van der Waals surface area contributed by atoms with E-state index in [-0.39, 0.29) is 12.5 Å². The molecule has 0 aliphatic rings. The monoisotopic (exact) mass is 318 g/mol. The topological polar surface area (TPSA) is 103 Å². The number of hydrogen-bond acceptors (Lipinski definition) is 6. The average molecular weight is 318 g/mol. The molecule has 7 nitrogen and oxygen atoms in total. The van der Waals surface area contributed by atoms with E-state index in [1.54, 1.807) is 24.3 Å². The van der Waals surface area contributed by atoms with Crippen molar-refractivity contribution in [3.63, 3.8) is 0 Å². The summed E-state index contributed by atoms with van der Waals surface area (Å²) in [5, 5.41) is 5.12. The predicted octanol–water partition coefficient (Wildman–Crippen LogP) is 0.992. The highest BCUT2D eigenvalue weighted by Gasteiger charge is 2.12. The van der Waals surface area contributed by atoms with Crippen LogP contribution in [0, 0.1) is 0 Å². The molecule has 3 aromatic rings. The van der Waals surface area contributed by atoms with Gasteiger partial charge in [0.25, 0.3) is 0 Å². The van der Waals surface area contributed by atoms with Crippen LogP contribution in [-0.2, 0) is 17.8 Å². The van der Waals surface area contributed by atoms with Gasteiger partial charge in [0.15, 0.2) is 10.7 Å². The van der Waals surface area contributed by atoms with Crippen LogP contribution in [0.4, 0.5) is 5.13 Å². The Balaban J connectivity index is 1.61. The molecule has 0 bridgehead atoms. The molecule has 0 unspecified atom stereocenters. The Bertz CT molecular complexity index is 864. The van der Waals surface area contributed by atoms with Crippen LogP contribution in [0.15, 0.2) is 38.9 Å². The summed E-state index contributed by atoms with van der Waals surface area (Å²) in [5.74, 6) is -0.791. The van der Waals surface area contributed by atoms with Gasteiger partial charge in [0.2, 0.25) is 5.91 Å². The van der Waals surface area contributed by atoms with Crippen LogP contribution < -0.4 is 16.8 Å². The fourth-order valence-electron chi connectivity index (χ4n) is 2.13. The number of anilines is 1. The molecule has 0 aliphatic heterocycles. The summed E-state index contributed by atoms with van der Waals surface area (Å²) in [7, 11) is 0. The fourth-order valence-corrected chi connectivity index (χ4v) is 2.73. The third-order valence-electron chi connectivity index (χ3n) is 3.15. The van der Waals surface area contributed by atoms with Crippen molar-refractivity contribution in [2.45, 2.75) is 13.0 Å². The van der Waals surface area contributed by atoms with Crippen molar-refractivity contribution in [1.29, 1.82) is 0 Å². The maximum Gasteiger partial charge on any atom is 0.420 e. The Kier molecular flexibility index (Phi) is 3.92. The van der Waals surface area contributed by atoms with Crippen LogP contribution in [0.1, 0.15) is 5.69 Å². The number of carbonyl (C=O) groups is 1. The molecule has 2 aromatic heterocycles. The number of nitrogen functional groups attached to an aromatic ring is 1. The summed E-state index contributed by atoms with van der Waals surface area (Å²) in [4.78, 5) is 27.8. The van der Waals surface area contributed by atoms with Gasteiger partial charge in [0.05, 0.1) is 11.2 Å². The molecular formula is C14H14N4O3S. The molecular weight excluding hydrogens is 304 g/mol. The van der Waals surface area contributed by atoms with Gasteiger partial charge < -0.3 is 15.5 Å². The second-order valence-corrected chi connectivity index (χ2v) is 5.59. The quantitative estimate of drug-likeness (QED) is 0.730. The molecule has 3 rings (SSSR count). The van der Waals surface area contributed by atoms with Crippen LogP contribution in [0.5, 0.6) is 0 Å². The number of nitrogens with zero attached hydrogens (tertiary/aromatic N) is 2. The molecule has 114 valence electrons. The Hall–Kier alpha value is -2.61. The van der Waals surface area contributed by atoms with E-state index < -0.39 is 5.76 Å². The number of hydrogen-bond donors (Lipinski definition) is 2. The first kappa shape index (κ1) is 14.3. The van der Waals surface area contributed by atoms with Crippen LogP contribution in [-0.4, -0.2) is 22.0 Å². The molecule has 0 saturated heterocycles. The van der Waals surface area contributed by atoms with E-state index in [0.29, 0.717) is 29.2 Å². The Labute approximate surface area is 129 Å². The maximum atomic E-state index is 11.9. The molecule has 0 aliphatic carbocycles. The Morgan fingerprint density at radius 1 is 1.41 bits per heavy atom. The number of nitrogens with one attached hydrogen (secondary N) is 1. The minimum atomic E-state index is -0.538. The van der Waals surface area contributed by atoms with Crippen molar-refractivity contribution < 1.29 is 9.21 Å². The van der Waals surface area contributed by atoms with E-state index in [1.165, 1.54) is 15.9 Å². The smallest absolute Gasteiger partial charge is 0.408 e. The number of para-hydroxylation sites is 2. The fraction of sp³-hybridized carbons (Fsp3) is 0.214. The molecule has 8 heteroatoms. The SMILES string of the molecule is Nc1nc(CCNC(=O)Cn2c(=O)oc3ccccc32)cs1. The van der Waals surface area contributed by atoms with Gasteiger partial charge in [-0.2, -0.15) is 0 Å². The third-order valence-corrected chi connectivity index (χ3v) is 3.87. The molecule has 0 saturated carbocycles. The summed E-state index contributed by atoms with van der Waals surface area (Å²) >= 11 is 1.37. The highest BCUT2D eigenvalue weighted by molar-refractivity contribution is 7.13. The lowest BCUT2D eigenvalue weighted by Gasteiger charge is -2.04. The van der Waals surface area contributed by atoms with Gasteiger partial charge in [-0.1, -0.05) is 12.1 Å². The van der Waals surface area contributed by atoms with Gasteiger partial charge in [0, 0.05) is 18.3 Å². The zero-order valence-corrected chi connectivity index (χ0v) is 12.4. The largest absolute Gasteiger partial charge is 0.420 e. The summed E-state index contributed by atoms with van der Waals surface area (Å²) in [6.45, 7) is 0.363. The Morgan fingerprint density at radius 3 is 3.00 bits per heavy atom. The van der Waals surface area contributed by atoms with Gasteiger partial charge in [0.1, 0.15) is 6.54 Å². The van der Waals surface area contributed by atoms with E-state index in [9.17, 15) is 9.59 Å². The van der Waals surface area contributed by atoms with Crippen molar-refractivity contribution in [2.24, 2.45) is 0 Å². The van der Waals surface area contributed by atoms with E-state index in [1.807, 2.05) is 5.38 Å². The lowest BCUT2D eigenvalue weighted by atomic mass is 10.3. The first-order valence-electron chi connectivity index (χ1n) is 6.68. The second kappa shape index (κ2) is 6.02. The zero-order valence-electron chi connectivity index (χ0n) is 11.6. The number of amides is 1. The highest BCUT2D eigenvalue weighted by atomic mass is 32.1. The lowest BCUT2D eigenvalue weighted by molar-refractivity contribution is -0.121. The molecule has 0 fully saturated rings. The second-order valence-electron chi connectivity index (χ2n) is 4.70. The van der Waals surface area contributed by atoms with Crippen molar-refractivity contribution in [3.8, 4) is 0 Å². The van der Waals surface area contributed by atoms with E-state index in [4.69, 9.17) is 10.2 Å². The average Bonchev–Trinajstić information content (AvgIpc) is 3.03. The number of thiazole rings is 1. The minimum absolute atomic E-state index is 0.0744. The normalized spacial score (nSPS) is 10.9. The molecule has 0 atom stereocenters. The first-order valence-corrected chi connectivity index (χ1v) is 7.56. The maximum absolute atomic E-state index is 11.9. The van der Waals surface area contributed by atoms with Crippen molar-refractivity contribution in [2.75, 3.05) is 12.3 Å². The molecule has 0 radical (unpaired) electrons. The summed E-state index contributed by atoms with van der Waals surface area (Å²) in [5.41, 5.74) is 7.46. The number of oxazole rings is 1. The minimum Gasteiger partial charge on any atom is -0.408 e. The van der Waals surface area contributed by atoms with Crippen LogP contribution in [0.3, 0.4) is 0 Å². The summed E-state index contributed by atoms with van der Waals surface area (Å²) in [6.07, 6.45) is 0.598. The number of nitrogens with two attached hydrogens (primary N) is 1. The third kappa shape index (κ3) is 3.01. The van der Waals surface area contributed by atoms with E-state index >= 15 is 0 Å². The number of fused-ring (bicyclic) bond motifs is 1. The number of aromatic nitrogens is 2. The van der Waals surface area contributed by atoms with Crippen molar-refractivity contribution >= 4 is 33.5 Å². The summed E-state index contributed by atoms with van der Waals surface area (Å²) in [6, 6.07) is 7.00. The summed E-state index contributed by atoms with van der Waals surface area (Å²) < 4.78 is 6.39. The number of carbonyl (C=O) groups excluding carboxylic acids is 1.